The Hall–Kier alpha value is -0.430. The van der Waals surface area contributed by atoms with E-state index in [1.807, 2.05) is 13.8 Å². The van der Waals surface area contributed by atoms with Gasteiger partial charge in [0.25, 0.3) is 0 Å². The third-order valence-corrected chi connectivity index (χ3v) is 11.0. The van der Waals surface area contributed by atoms with Crippen LogP contribution >= 0.6 is 0 Å². The molecule has 6 heteroatoms. The number of rotatable bonds is 7. The third-order valence-electron chi connectivity index (χ3n) is 10.5. The molecule has 4 aliphatic rings. The second-order valence-electron chi connectivity index (χ2n) is 13.0. The first-order chi connectivity index (χ1) is 15.2. The first-order valence-corrected chi connectivity index (χ1v) is 14.6. The summed E-state index contributed by atoms with van der Waals surface area (Å²) < 4.78 is 38.2. The molecule has 0 saturated heterocycles. The highest BCUT2D eigenvalue weighted by Gasteiger charge is 2.59. The van der Waals surface area contributed by atoms with Gasteiger partial charge < -0.3 is 9.66 Å². The molecule has 33 heavy (non-hydrogen) atoms. The molecule has 0 heterocycles. The van der Waals surface area contributed by atoms with Gasteiger partial charge in [0.05, 0.1) is 11.7 Å². The van der Waals surface area contributed by atoms with Crippen LogP contribution in [0.1, 0.15) is 105 Å². The van der Waals surface area contributed by atoms with Crippen molar-refractivity contribution in [3.05, 3.63) is 11.6 Å². The summed E-state index contributed by atoms with van der Waals surface area (Å²) in [5, 5.41) is 10.1. The minimum Gasteiger partial charge on any atom is -0.726 e. The SMILES string of the molecule is C[C@H](CCCC(C)(C)O)[C@H]1CC[C@H]2[C@@H]3CC=C4C[C@@H](OS(=O)(=O)[O-])CC[C@]4(C)[C@H]3CC[C@]12C. The van der Waals surface area contributed by atoms with Gasteiger partial charge in [0.2, 0.25) is 10.4 Å². The van der Waals surface area contributed by atoms with Gasteiger partial charge in [-0.05, 0) is 112 Å². The van der Waals surface area contributed by atoms with Crippen molar-refractivity contribution in [1.82, 2.24) is 0 Å². The van der Waals surface area contributed by atoms with Crippen LogP contribution in [0.3, 0.4) is 0 Å². The molecular formula is C27H45O5S-. The Balaban J connectivity index is 1.46. The van der Waals surface area contributed by atoms with Crippen LogP contribution in [0.2, 0.25) is 0 Å². The van der Waals surface area contributed by atoms with Crippen LogP contribution in [0.5, 0.6) is 0 Å². The van der Waals surface area contributed by atoms with E-state index in [0.29, 0.717) is 36.0 Å². The first-order valence-electron chi connectivity index (χ1n) is 13.3. The lowest BCUT2D eigenvalue weighted by Gasteiger charge is -2.58. The summed E-state index contributed by atoms with van der Waals surface area (Å²) in [7, 11) is -4.65. The molecule has 0 spiro atoms. The van der Waals surface area contributed by atoms with Gasteiger partial charge in [-0.1, -0.05) is 45.3 Å². The standard InChI is InChI=1S/C27H46O5S/c1-18(7-6-14-25(2,3)28)22-10-11-23-21-9-8-19-17-20(32-33(29,30)31)12-15-26(19,4)24(21)13-16-27(22,23)5/h8,18,20-24,28H,6-7,9-17H2,1-5H3,(H,29,30,31)/p-1/t18-,20+,21+,22-,23+,24+,26+,27-/m1/s1. The van der Waals surface area contributed by atoms with Crippen LogP contribution in [0.25, 0.3) is 0 Å². The van der Waals surface area contributed by atoms with Crippen molar-refractivity contribution in [1.29, 1.82) is 0 Å². The van der Waals surface area contributed by atoms with Gasteiger partial charge in [-0.25, -0.2) is 8.42 Å². The molecule has 8 atom stereocenters. The normalized spacial score (nSPS) is 42.2. The van der Waals surface area contributed by atoms with E-state index < -0.39 is 22.1 Å². The van der Waals surface area contributed by atoms with Gasteiger partial charge in [0.15, 0.2) is 0 Å². The molecule has 190 valence electrons. The van der Waals surface area contributed by atoms with Crippen molar-refractivity contribution in [3.63, 3.8) is 0 Å². The quantitative estimate of drug-likeness (QED) is 0.274. The van der Waals surface area contributed by atoms with E-state index in [2.05, 4.69) is 26.8 Å². The summed E-state index contributed by atoms with van der Waals surface area (Å²) in [4.78, 5) is 0. The van der Waals surface area contributed by atoms with E-state index in [0.717, 1.165) is 37.5 Å². The number of fused-ring (bicyclic) bond motifs is 5. The molecular weight excluding hydrogens is 436 g/mol. The molecule has 3 fully saturated rings. The monoisotopic (exact) mass is 481 g/mol. The zero-order valence-corrected chi connectivity index (χ0v) is 22.1. The first kappa shape index (κ1) is 25.7. The lowest BCUT2D eigenvalue weighted by Crippen LogP contribution is -2.51. The molecule has 0 aromatic heterocycles. The minimum atomic E-state index is -4.65. The molecule has 0 radical (unpaired) electrons. The molecule has 3 saturated carbocycles. The zero-order valence-electron chi connectivity index (χ0n) is 21.3. The van der Waals surface area contributed by atoms with Gasteiger partial charge in [-0.2, -0.15) is 0 Å². The van der Waals surface area contributed by atoms with Gasteiger partial charge >= 0.3 is 0 Å². The Kier molecular flexibility index (Phi) is 6.92. The molecule has 0 bridgehead atoms. The minimum absolute atomic E-state index is 0.118. The highest BCUT2D eigenvalue weighted by atomic mass is 32.3. The van der Waals surface area contributed by atoms with E-state index in [-0.39, 0.29) is 5.41 Å². The maximum atomic E-state index is 11.1. The summed E-state index contributed by atoms with van der Waals surface area (Å²) in [6.45, 7) is 11.2. The Morgan fingerprint density at radius 1 is 1.18 bits per heavy atom. The van der Waals surface area contributed by atoms with Crippen molar-refractivity contribution in [2.24, 2.45) is 40.4 Å². The van der Waals surface area contributed by atoms with Gasteiger partial charge in [0.1, 0.15) is 0 Å². The lowest BCUT2D eigenvalue weighted by molar-refractivity contribution is -0.0563. The van der Waals surface area contributed by atoms with Gasteiger partial charge in [0, 0.05) is 0 Å². The molecule has 0 aliphatic heterocycles. The predicted octanol–water partition coefficient (Wildman–Crippen LogP) is 5.99. The van der Waals surface area contributed by atoms with Gasteiger partial charge in [-0.15, -0.1) is 0 Å². The van der Waals surface area contributed by atoms with Crippen LogP contribution in [-0.4, -0.2) is 29.8 Å². The Morgan fingerprint density at radius 3 is 2.58 bits per heavy atom. The second kappa shape index (κ2) is 8.90. The average molecular weight is 482 g/mol. The van der Waals surface area contributed by atoms with Crippen molar-refractivity contribution in [2.75, 3.05) is 0 Å². The van der Waals surface area contributed by atoms with Crippen LogP contribution in [0.15, 0.2) is 11.6 Å². The van der Waals surface area contributed by atoms with Crippen LogP contribution in [0, 0.1) is 40.4 Å². The van der Waals surface area contributed by atoms with E-state index in [9.17, 15) is 18.1 Å². The Bertz CT molecular complexity index is 858. The molecule has 5 nitrogen and oxygen atoms in total. The van der Waals surface area contributed by atoms with Crippen LogP contribution < -0.4 is 0 Å². The molecule has 4 rings (SSSR count). The van der Waals surface area contributed by atoms with Crippen molar-refractivity contribution in [2.45, 2.75) is 117 Å². The van der Waals surface area contributed by atoms with Gasteiger partial charge in [-0.3, -0.25) is 4.18 Å². The summed E-state index contributed by atoms with van der Waals surface area (Å²) in [6, 6.07) is 0. The molecule has 4 aliphatic carbocycles. The molecule has 0 amide bonds. The fourth-order valence-corrected chi connectivity index (χ4v) is 9.41. The van der Waals surface area contributed by atoms with Crippen LogP contribution in [-0.2, 0) is 14.6 Å². The highest BCUT2D eigenvalue weighted by molar-refractivity contribution is 7.80. The second-order valence-corrected chi connectivity index (χ2v) is 14.0. The summed E-state index contributed by atoms with van der Waals surface area (Å²) >= 11 is 0. The number of allylic oxidation sites excluding steroid dienone is 1. The van der Waals surface area contributed by atoms with Crippen molar-refractivity contribution >= 4 is 10.4 Å². The highest BCUT2D eigenvalue weighted by Crippen LogP contribution is 2.67. The third kappa shape index (κ3) is 5.10. The summed E-state index contributed by atoms with van der Waals surface area (Å²) in [5.74, 6) is 3.61. The van der Waals surface area contributed by atoms with Crippen molar-refractivity contribution < 1.29 is 22.3 Å². The molecule has 1 N–H and O–H groups in total. The average Bonchev–Trinajstić information content (AvgIpc) is 3.03. The fraction of sp³-hybridized carbons (Fsp3) is 0.926. The Labute approximate surface area is 201 Å². The molecule has 0 aromatic rings. The number of aliphatic hydroxyl groups is 1. The predicted molar refractivity (Wildman–Crippen MR) is 129 cm³/mol. The summed E-state index contributed by atoms with van der Waals surface area (Å²) in [6.07, 6.45) is 13.5. The lowest BCUT2D eigenvalue weighted by atomic mass is 9.47. The van der Waals surface area contributed by atoms with E-state index in [4.69, 9.17) is 4.18 Å². The maximum absolute atomic E-state index is 11.1. The van der Waals surface area contributed by atoms with Crippen molar-refractivity contribution in [3.8, 4) is 0 Å². The maximum Gasteiger partial charge on any atom is 0.217 e. The number of hydrogen-bond donors (Lipinski definition) is 1. The van der Waals surface area contributed by atoms with E-state index in [1.54, 1.807) is 0 Å². The van der Waals surface area contributed by atoms with Crippen LogP contribution in [0.4, 0.5) is 0 Å². The Morgan fingerprint density at radius 2 is 1.91 bits per heavy atom. The molecule has 0 aromatic carbocycles. The van der Waals surface area contributed by atoms with E-state index in [1.165, 1.54) is 37.7 Å². The summed E-state index contributed by atoms with van der Waals surface area (Å²) in [5.41, 5.74) is 1.30. The number of hydrogen-bond acceptors (Lipinski definition) is 5. The fourth-order valence-electron chi connectivity index (χ4n) is 8.91. The topological polar surface area (TPSA) is 86.7 Å². The van der Waals surface area contributed by atoms with E-state index >= 15 is 0 Å². The smallest absolute Gasteiger partial charge is 0.217 e. The molecule has 0 unspecified atom stereocenters. The largest absolute Gasteiger partial charge is 0.726 e. The zero-order chi connectivity index (χ0) is 24.2.